The van der Waals surface area contributed by atoms with Gasteiger partial charge >= 0.3 is 12.1 Å². The van der Waals surface area contributed by atoms with Crippen molar-refractivity contribution < 1.29 is 29.3 Å². The van der Waals surface area contributed by atoms with Crippen LogP contribution in [0.2, 0.25) is 0 Å². The first kappa shape index (κ1) is 31.8. The van der Waals surface area contributed by atoms with Gasteiger partial charge in [-0.15, -0.1) is 0 Å². The van der Waals surface area contributed by atoms with Crippen LogP contribution >= 0.6 is 0 Å². The molecule has 3 heterocycles. The van der Waals surface area contributed by atoms with Crippen molar-refractivity contribution in [2.45, 2.75) is 83.2 Å². The van der Waals surface area contributed by atoms with Crippen molar-refractivity contribution in [3.05, 3.63) is 54.4 Å². The average Bonchev–Trinajstić information content (AvgIpc) is 2.92. The van der Waals surface area contributed by atoms with Gasteiger partial charge in [-0.3, -0.25) is 9.78 Å². The zero-order chi connectivity index (χ0) is 29.3. The minimum atomic E-state index is -1.42. The molecule has 1 amide bonds. The van der Waals surface area contributed by atoms with Crippen molar-refractivity contribution in [2.75, 3.05) is 33.2 Å². The summed E-state index contributed by atoms with van der Waals surface area (Å²) < 4.78 is 11.7. The van der Waals surface area contributed by atoms with E-state index in [-0.39, 0.29) is 37.0 Å². The number of amides is 1. The Balaban J connectivity index is 1.75. The summed E-state index contributed by atoms with van der Waals surface area (Å²) in [6, 6.07) is 5.85. The number of ether oxygens (including phenoxy) is 2. The minimum absolute atomic E-state index is 0.0253. The molecule has 1 unspecified atom stereocenters. The Morgan fingerprint density at radius 3 is 2.65 bits per heavy atom. The first-order valence-corrected chi connectivity index (χ1v) is 14.5. The van der Waals surface area contributed by atoms with Crippen LogP contribution in [-0.2, 0) is 14.3 Å². The van der Waals surface area contributed by atoms with Crippen molar-refractivity contribution in [1.29, 1.82) is 0 Å². The summed E-state index contributed by atoms with van der Waals surface area (Å²) in [5.41, 5.74) is -0.438. The fourth-order valence-electron chi connectivity index (χ4n) is 5.14. The predicted molar refractivity (Wildman–Crippen MR) is 154 cm³/mol. The zero-order valence-corrected chi connectivity index (χ0v) is 24.6. The van der Waals surface area contributed by atoms with Gasteiger partial charge in [-0.05, 0) is 57.4 Å². The van der Waals surface area contributed by atoms with Gasteiger partial charge < -0.3 is 29.5 Å². The standard InChI is InChI=1S/C31H47N3O6/c1-22(26-11-6-7-16-32-26)9-8-10-23(2)29-24(3)12-13-27(39-30(37)34-19-17-33(5)18-20-34)31(4,38)15-14-25(35)21-28(36)40-29/h6-9,11-13,16,22-25,27,29,35,38H,10,14-15,17-21H2,1-5H3/b9-8+,13-12+/t22-,23?,24+,25-,27+,29-,31-/m1/s1. The fourth-order valence-corrected chi connectivity index (χ4v) is 5.14. The maximum absolute atomic E-state index is 13.0. The monoisotopic (exact) mass is 557 g/mol. The number of aromatic nitrogens is 1. The van der Waals surface area contributed by atoms with Crippen LogP contribution in [0.1, 0.15) is 65.0 Å². The first-order valence-electron chi connectivity index (χ1n) is 14.5. The molecule has 2 aliphatic heterocycles. The van der Waals surface area contributed by atoms with Crippen LogP contribution in [-0.4, -0.2) is 94.2 Å². The van der Waals surface area contributed by atoms with Crippen LogP contribution in [0.4, 0.5) is 4.79 Å². The summed E-state index contributed by atoms with van der Waals surface area (Å²) in [4.78, 5) is 33.9. The molecule has 1 aromatic heterocycles. The molecule has 9 heteroatoms. The molecule has 9 nitrogen and oxygen atoms in total. The van der Waals surface area contributed by atoms with E-state index in [1.807, 2.05) is 45.2 Å². The highest BCUT2D eigenvalue weighted by molar-refractivity contribution is 5.70. The highest BCUT2D eigenvalue weighted by atomic mass is 16.6. The molecule has 7 atom stereocenters. The number of aliphatic hydroxyl groups is 2. The maximum Gasteiger partial charge on any atom is 0.410 e. The Morgan fingerprint density at radius 1 is 1.25 bits per heavy atom. The highest BCUT2D eigenvalue weighted by Gasteiger charge is 2.37. The molecule has 0 spiro atoms. The number of likely N-dealkylation sites (N-methyl/N-ethyl adjacent to an activating group) is 1. The second-order valence-electron chi connectivity index (χ2n) is 11.7. The Bertz CT molecular complexity index is 1010. The van der Waals surface area contributed by atoms with E-state index in [9.17, 15) is 19.8 Å². The number of hydrogen-bond acceptors (Lipinski definition) is 8. The van der Waals surface area contributed by atoms with Gasteiger partial charge in [0.15, 0.2) is 6.10 Å². The Hall–Kier alpha value is -2.75. The maximum atomic E-state index is 13.0. The molecule has 0 bridgehead atoms. The quantitative estimate of drug-likeness (QED) is 0.400. The van der Waals surface area contributed by atoms with Crippen molar-refractivity contribution >= 4 is 12.1 Å². The summed E-state index contributed by atoms with van der Waals surface area (Å²) in [6.07, 6.45) is 7.56. The second-order valence-corrected chi connectivity index (χ2v) is 11.7. The lowest BCUT2D eigenvalue weighted by Gasteiger charge is -2.36. The van der Waals surface area contributed by atoms with Crippen LogP contribution in [0.25, 0.3) is 0 Å². The minimum Gasteiger partial charge on any atom is -0.461 e. The summed E-state index contributed by atoms with van der Waals surface area (Å²) in [5.74, 6) is -0.563. The lowest BCUT2D eigenvalue weighted by atomic mass is 9.87. The van der Waals surface area contributed by atoms with Crippen LogP contribution in [0, 0.1) is 11.8 Å². The third-order valence-electron chi connectivity index (χ3n) is 8.01. The molecule has 0 radical (unpaired) electrons. The molecular formula is C31H47N3O6. The van der Waals surface area contributed by atoms with E-state index < -0.39 is 36.0 Å². The summed E-state index contributed by atoms with van der Waals surface area (Å²) in [7, 11) is 2.01. The van der Waals surface area contributed by atoms with Gasteiger partial charge in [0.1, 0.15) is 11.7 Å². The second kappa shape index (κ2) is 14.8. The Morgan fingerprint density at radius 2 is 1.98 bits per heavy atom. The SMILES string of the molecule is CC(C/C=C/[C@@H](C)c1ccccn1)[C@H]1OC(=O)C[C@H](O)CC[C@@](C)(O)[C@@H](OC(=O)N2CCN(C)CC2)/C=C/[C@@H]1C. The number of rotatable bonds is 6. The number of piperazine rings is 1. The van der Waals surface area contributed by atoms with Crippen molar-refractivity contribution in [3.63, 3.8) is 0 Å². The largest absolute Gasteiger partial charge is 0.461 e. The van der Waals surface area contributed by atoms with E-state index in [0.717, 1.165) is 18.8 Å². The lowest BCUT2D eigenvalue weighted by molar-refractivity contribution is -0.156. The third-order valence-corrected chi connectivity index (χ3v) is 8.01. The van der Waals surface area contributed by atoms with Gasteiger partial charge in [0.2, 0.25) is 0 Å². The van der Waals surface area contributed by atoms with E-state index in [0.29, 0.717) is 19.5 Å². The lowest BCUT2D eigenvalue weighted by Crippen LogP contribution is -2.50. The van der Waals surface area contributed by atoms with Crippen molar-refractivity contribution in [1.82, 2.24) is 14.8 Å². The van der Waals surface area contributed by atoms with E-state index in [4.69, 9.17) is 9.47 Å². The fraction of sp³-hybridized carbons (Fsp3) is 0.645. The molecule has 1 saturated heterocycles. The smallest absolute Gasteiger partial charge is 0.410 e. The van der Waals surface area contributed by atoms with Gasteiger partial charge in [0, 0.05) is 49.9 Å². The van der Waals surface area contributed by atoms with Crippen molar-refractivity contribution in [3.8, 4) is 0 Å². The van der Waals surface area contributed by atoms with E-state index in [1.165, 1.54) is 0 Å². The Kier molecular flexibility index (Phi) is 11.7. The average molecular weight is 558 g/mol. The third kappa shape index (κ3) is 9.42. The molecule has 3 rings (SSSR count). The van der Waals surface area contributed by atoms with Crippen LogP contribution in [0.5, 0.6) is 0 Å². The highest BCUT2D eigenvalue weighted by Crippen LogP contribution is 2.28. The number of carbonyl (C=O) groups excluding carboxylic acids is 2. The van der Waals surface area contributed by atoms with Crippen LogP contribution in [0.3, 0.4) is 0 Å². The molecule has 1 aromatic rings. The number of esters is 1. The van der Waals surface area contributed by atoms with Gasteiger partial charge in [0.25, 0.3) is 0 Å². The number of allylic oxidation sites excluding steroid dienone is 2. The normalized spacial score (nSPS) is 31.5. The number of cyclic esters (lactones) is 1. The van der Waals surface area contributed by atoms with E-state index in [1.54, 1.807) is 24.1 Å². The zero-order valence-electron chi connectivity index (χ0n) is 24.6. The van der Waals surface area contributed by atoms with E-state index >= 15 is 0 Å². The molecular weight excluding hydrogens is 510 g/mol. The number of pyridine rings is 1. The molecule has 1 fully saturated rings. The topological polar surface area (TPSA) is 112 Å². The summed E-state index contributed by atoms with van der Waals surface area (Å²) in [6.45, 7) is 10.3. The van der Waals surface area contributed by atoms with Gasteiger partial charge in [-0.1, -0.05) is 45.1 Å². The molecule has 0 aliphatic carbocycles. The molecule has 222 valence electrons. The summed E-state index contributed by atoms with van der Waals surface area (Å²) in [5, 5.41) is 21.8. The van der Waals surface area contributed by atoms with Crippen LogP contribution < -0.4 is 0 Å². The number of carbonyl (C=O) groups is 2. The van der Waals surface area contributed by atoms with Gasteiger partial charge in [-0.25, -0.2) is 4.79 Å². The molecule has 40 heavy (non-hydrogen) atoms. The molecule has 2 N–H and O–H groups in total. The van der Waals surface area contributed by atoms with Crippen molar-refractivity contribution in [2.24, 2.45) is 11.8 Å². The molecule has 0 aromatic carbocycles. The van der Waals surface area contributed by atoms with E-state index in [2.05, 4.69) is 29.0 Å². The Labute approximate surface area is 238 Å². The van der Waals surface area contributed by atoms with Crippen LogP contribution in [0.15, 0.2) is 48.7 Å². The number of aliphatic hydroxyl groups excluding tert-OH is 1. The number of nitrogens with zero attached hydrogens (tertiary/aromatic N) is 3. The molecule has 2 aliphatic rings. The summed E-state index contributed by atoms with van der Waals surface area (Å²) >= 11 is 0. The van der Waals surface area contributed by atoms with Gasteiger partial charge in [-0.2, -0.15) is 0 Å². The predicted octanol–water partition coefficient (Wildman–Crippen LogP) is 3.92. The molecule has 0 saturated carbocycles. The first-order chi connectivity index (χ1) is 19.0. The number of hydrogen-bond donors (Lipinski definition) is 2. The van der Waals surface area contributed by atoms with Gasteiger partial charge in [0.05, 0.1) is 12.5 Å².